The van der Waals surface area contributed by atoms with Crippen molar-refractivity contribution in [2.45, 2.75) is 11.5 Å². The average Bonchev–Trinajstić information content (AvgIpc) is 3.56. The second-order valence-electron chi connectivity index (χ2n) is 9.56. The molecule has 0 amide bonds. The van der Waals surface area contributed by atoms with Crippen molar-refractivity contribution in [3.8, 4) is 17.1 Å². The zero-order valence-electron chi connectivity index (χ0n) is 19.9. The molecule has 1 spiro atoms. The van der Waals surface area contributed by atoms with Crippen LogP contribution in [0.3, 0.4) is 0 Å². The van der Waals surface area contributed by atoms with Gasteiger partial charge in [0.05, 0.1) is 5.92 Å². The lowest BCUT2D eigenvalue weighted by molar-refractivity contribution is 0.0594. The Morgan fingerprint density at radius 3 is 2.27 bits per heavy atom. The van der Waals surface area contributed by atoms with Crippen molar-refractivity contribution < 1.29 is 23.9 Å². The normalized spacial score (nSPS) is 20.5. The summed E-state index contributed by atoms with van der Waals surface area (Å²) in [6.45, 7) is 0.168. The molecule has 7 heteroatoms. The Balaban J connectivity index is 1.52. The van der Waals surface area contributed by atoms with Gasteiger partial charge in [0.1, 0.15) is 17.3 Å². The summed E-state index contributed by atoms with van der Waals surface area (Å²) >= 11 is 6.04. The number of hydrogen-bond acceptors (Lipinski definition) is 6. The van der Waals surface area contributed by atoms with Gasteiger partial charge < -0.3 is 9.52 Å². The molecule has 6 rings (SSSR count). The van der Waals surface area contributed by atoms with Crippen LogP contribution < -0.4 is 0 Å². The van der Waals surface area contributed by atoms with E-state index in [1.165, 1.54) is 12.1 Å². The third-order valence-electron chi connectivity index (χ3n) is 7.56. The maximum Gasteiger partial charge on any atom is 0.192 e. The van der Waals surface area contributed by atoms with Gasteiger partial charge in [-0.15, -0.1) is 0 Å². The molecule has 2 heterocycles. The van der Waals surface area contributed by atoms with E-state index in [2.05, 4.69) is 0 Å². The van der Waals surface area contributed by atoms with Gasteiger partial charge in [-0.1, -0.05) is 48.0 Å². The van der Waals surface area contributed by atoms with Gasteiger partial charge in [0, 0.05) is 39.7 Å². The number of benzene rings is 3. The number of phenolic OH excluding ortho intramolecular Hbond substituents is 1. The molecule has 1 aromatic heterocycles. The van der Waals surface area contributed by atoms with Crippen LogP contribution in [0.5, 0.6) is 5.75 Å². The van der Waals surface area contributed by atoms with Crippen LogP contribution in [0.2, 0.25) is 5.02 Å². The third-order valence-corrected chi connectivity index (χ3v) is 7.82. The maximum atomic E-state index is 14.0. The number of nitrogens with zero attached hydrogens (tertiary/aromatic N) is 1. The number of carbonyl (C=O) groups is 3. The molecule has 0 unspecified atom stereocenters. The van der Waals surface area contributed by atoms with E-state index in [1.54, 1.807) is 72.6 Å². The Morgan fingerprint density at radius 2 is 1.62 bits per heavy atom. The Bertz CT molecular complexity index is 1540. The van der Waals surface area contributed by atoms with Crippen LogP contribution in [0.1, 0.15) is 42.8 Å². The molecule has 1 aliphatic heterocycles. The quantitative estimate of drug-likeness (QED) is 0.281. The van der Waals surface area contributed by atoms with Crippen molar-refractivity contribution in [1.29, 1.82) is 0 Å². The number of carbonyl (C=O) groups excluding carboxylic acids is 3. The fraction of sp³-hybridized carbons (Fsp3) is 0.167. The van der Waals surface area contributed by atoms with E-state index in [9.17, 15) is 19.5 Å². The van der Waals surface area contributed by atoms with Gasteiger partial charge in [-0.3, -0.25) is 19.3 Å². The first-order valence-corrected chi connectivity index (χ1v) is 12.3. The van der Waals surface area contributed by atoms with E-state index in [0.717, 1.165) is 5.56 Å². The lowest BCUT2D eigenvalue weighted by Crippen LogP contribution is -2.54. The molecule has 1 saturated heterocycles. The molecule has 3 aromatic carbocycles. The summed E-state index contributed by atoms with van der Waals surface area (Å²) in [7, 11) is 1.70. The van der Waals surface area contributed by atoms with Crippen molar-refractivity contribution in [3.63, 3.8) is 0 Å². The molecular weight excluding hydrogens is 490 g/mol. The van der Waals surface area contributed by atoms with Crippen LogP contribution in [0.15, 0.2) is 89.3 Å². The first kappa shape index (κ1) is 23.4. The Kier molecular flexibility index (Phi) is 5.40. The van der Waals surface area contributed by atoms with Crippen molar-refractivity contribution in [1.82, 2.24) is 4.90 Å². The van der Waals surface area contributed by atoms with Crippen molar-refractivity contribution in [3.05, 3.63) is 112 Å². The highest BCUT2D eigenvalue weighted by molar-refractivity contribution is 6.34. The highest BCUT2D eigenvalue weighted by atomic mass is 35.5. The van der Waals surface area contributed by atoms with Crippen LogP contribution in [0, 0.1) is 5.92 Å². The standard InChI is InChI=1S/C30H22ClNO5/c1-32-16-23(27(34)18-5-4-6-20(33)15-18)26(25-14-13-24(37-25)17-9-11-19(31)12-10-17)30(32)28(35)21-7-2-3-8-22(21)29(30)36/h2-15,23,26,33H,16H2,1H3/t23-,26-/m0/s1. The smallest absolute Gasteiger partial charge is 0.192 e. The molecule has 6 nitrogen and oxygen atoms in total. The molecule has 1 aliphatic carbocycles. The fourth-order valence-corrected chi connectivity index (χ4v) is 6.02. The Morgan fingerprint density at radius 1 is 0.946 bits per heavy atom. The maximum absolute atomic E-state index is 14.0. The van der Waals surface area contributed by atoms with Crippen LogP contribution in [-0.2, 0) is 0 Å². The van der Waals surface area contributed by atoms with E-state index in [0.29, 0.717) is 33.2 Å². The molecule has 184 valence electrons. The predicted molar refractivity (Wildman–Crippen MR) is 138 cm³/mol. The summed E-state index contributed by atoms with van der Waals surface area (Å²) in [6.07, 6.45) is 0. The predicted octanol–water partition coefficient (Wildman–Crippen LogP) is 5.65. The lowest BCUT2D eigenvalue weighted by Gasteiger charge is -2.33. The number of rotatable bonds is 4. The summed E-state index contributed by atoms with van der Waals surface area (Å²) in [6, 6.07) is 23.5. The summed E-state index contributed by atoms with van der Waals surface area (Å²) < 4.78 is 6.29. The van der Waals surface area contributed by atoms with Gasteiger partial charge in [0.15, 0.2) is 22.9 Å². The van der Waals surface area contributed by atoms with Crippen molar-refractivity contribution in [2.24, 2.45) is 5.92 Å². The van der Waals surface area contributed by atoms with E-state index in [-0.39, 0.29) is 29.6 Å². The first-order chi connectivity index (χ1) is 17.8. The monoisotopic (exact) mass is 511 g/mol. The van der Waals surface area contributed by atoms with Gasteiger partial charge >= 0.3 is 0 Å². The molecule has 2 aliphatic rings. The molecule has 0 bridgehead atoms. The topological polar surface area (TPSA) is 87.8 Å². The van der Waals surface area contributed by atoms with E-state index in [4.69, 9.17) is 16.0 Å². The third kappa shape index (κ3) is 3.40. The van der Waals surface area contributed by atoms with Crippen molar-refractivity contribution in [2.75, 3.05) is 13.6 Å². The molecule has 0 saturated carbocycles. The lowest BCUT2D eigenvalue weighted by atomic mass is 9.73. The number of furan rings is 1. The highest BCUT2D eigenvalue weighted by Crippen LogP contribution is 2.53. The number of hydrogen-bond donors (Lipinski definition) is 1. The molecule has 37 heavy (non-hydrogen) atoms. The molecule has 0 radical (unpaired) electrons. The van der Waals surface area contributed by atoms with E-state index in [1.807, 2.05) is 12.1 Å². The van der Waals surface area contributed by atoms with Crippen LogP contribution in [-0.4, -0.2) is 46.5 Å². The number of Topliss-reactive ketones (excluding diaryl/α,β-unsaturated/α-hetero) is 3. The molecule has 1 fully saturated rings. The van der Waals surface area contributed by atoms with E-state index >= 15 is 0 Å². The highest BCUT2D eigenvalue weighted by Gasteiger charge is 2.68. The number of phenols is 1. The second kappa shape index (κ2) is 8.54. The molecule has 4 aromatic rings. The number of fused-ring (bicyclic) bond motifs is 1. The fourth-order valence-electron chi connectivity index (χ4n) is 5.90. The second-order valence-corrected chi connectivity index (χ2v) is 9.99. The first-order valence-electron chi connectivity index (χ1n) is 11.9. The zero-order valence-corrected chi connectivity index (χ0v) is 20.6. The minimum absolute atomic E-state index is 0.0353. The van der Waals surface area contributed by atoms with Gasteiger partial charge in [-0.2, -0.15) is 0 Å². The summed E-state index contributed by atoms with van der Waals surface area (Å²) in [5, 5.41) is 10.6. The molecule has 1 N–H and O–H groups in total. The number of ketones is 3. The Labute approximate surface area is 218 Å². The number of aromatic hydroxyl groups is 1. The van der Waals surface area contributed by atoms with Gasteiger partial charge in [-0.05, 0) is 55.6 Å². The SMILES string of the molecule is CN1C[C@H](C(=O)c2cccc(O)c2)[C@@H](c2ccc(-c3ccc(Cl)cc3)o2)C12C(=O)c1ccccc1C2=O. The summed E-state index contributed by atoms with van der Waals surface area (Å²) in [5.41, 5.74) is 0.161. The van der Waals surface area contributed by atoms with E-state index < -0.39 is 17.4 Å². The average molecular weight is 512 g/mol. The zero-order chi connectivity index (χ0) is 25.9. The van der Waals surface area contributed by atoms with Gasteiger partial charge in [-0.25, -0.2) is 0 Å². The molecule has 2 atom stereocenters. The number of halogens is 1. The minimum atomic E-state index is -1.62. The molecular formula is C30H22ClNO5. The summed E-state index contributed by atoms with van der Waals surface area (Å²) in [4.78, 5) is 43.6. The van der Waals surface area contributed by atoms with Crippen LogP contribution in [0.4, 0.5) is 0 Å². The van der Waals surface area contributed by atoms with Gasteiger partial charge in [0.25, 0.3) is 0 Å². The largest absolute Gasteiger partial charge is 0.508 e. The summed E-state index contributed by atoms with van der Waals surface area (Å²) in [5.74, 6) is -1.71. The van der Waals surface area contributed by atoms with Crippen molar-refractivity contribution >= 4 is 29.0 Å². The minimum Gasteiger partial charge on any atom is -0.508 e. The van der Waals surface area contributed by atoms with Crippen LogP contribution in [0.25, 0.3) is 11.3 Å². The number of likely N-dealkylation sites (N-methyl/N-ethyl adjacent to an activating group) is 1. The van der Waals surface area contributed by atoms with Crippen LogP contribution >= 0.6 is 11.6 Å². The number of likely N-dealkylation sites (tertiary alicyclic amines) is 1. The van der Waals surface area contributed by atoms with Gasteiger partial charge in [0.2, 0.25) is 0 Å². The Hall–Kier alpha value is -4.00.